The van der Waals surface area contributed by atoms with E-state index in [1.54, 1.807) is 0 Å². The number of benzene rings is 1. The maximum atomic E-state index is 5.55. The summed E-state index contributed by atoms with van der Waals surface area (Å²) in [5.41, 5.74) is 13.1. The second-order valence-corrected chi connectivity index (χ2v) is 4.98. The molecule has 1 saturated heterocycles. The second kappa shape index (κ2) is 6.54. The molecule has 1 heterocycles. The highest BCUT2D eigenvalue weighted by molar-refractivity contribution is 5.75. The zero-order chi connectivity index (χ0) is 13.7. The van der Waals surface area contributed by atoms with Gasteiger partial charge in [-0.15, -0.1) is 0 Å². The van der Waals surface area contributed by atoms with Crippen LogP contribution in [-0.4, -0.2) is 36.7 Å². The van der Waals surface area contributed by atoms with Gasteiger partial charge in [-0.05, 0) is 18.1 Å². The van der Waals surface area contributed by atoms with E-state index in [0.29, 0.717) is 12.6 Å². The highest BCUT2D eigenvalue weighted by Gasteiger charge is 2.16. The number of nitrogens with two attached hydrogens (primary N) is 2. The molecule has 0 amide bonds. The Morgan fingerprint density at radius 1 is 1.42 bits per heavy atom. The Bertz CT molecular complexity index is 443. The molecule has 1 aliphatic heterocycles. The van der Waals surface area contributed by atoms with Gasteiger partial charge in [-0.1, -0.05) is 24.3 Å². The summed E-state index contributed by atoms with van der Waals surface area (Å²) in [7, 11) is 0. The van der Waals surface area contributed by atoms with Crippen LogP contribution in [0.4, 0.5) is 0 Å². The van der Waals surface area contributed by atoms with E-state index >= 15 is 0 Å². The molecule has 4 N–H and O–H groups in total. The Morgan fingerprint density at radius 2 is 2.21 bits per heavy atom. The number of morpholine rings is 1. The highest BCUT2D eigenvalue weighted by Crippen LogP contribution is 2.12. The molecule has 0 saturated carbocycles. The average Bonchev–Trinajstić information content (AvgIpc) is 2.37. The van der Waals surface area contributed by atoms with E-state index in [1.165, 1.54) is 5.56 Å². The molecule has 104 valence electrons. The monoisotopic (exact) mass is 262 g/mol. The maximum Gasteiger partial charge on any atom is 0.186 e. The SMILES string of the molecule is CC1CN(Cc2cccc(CN=C(N)N)c2)CCO1. The van der Waals surface area contributed by atoms with Gasteiger partial charge in [0.25, 0.3) is 0 Å². The first-order chi connectivity index (χ1) is 9.13. The largest absolute Gasteiger partial charge is 0.376 e. The van der Waals surface area contributed by atoms with Crippen molar-refractivity contribution >= 4 is 5.96 Å². The highest BCUT2D eigenvalue weighted by atomic mass is 16.5. The van der Waals surface area contributed by atoms with Crippen LogP contribution in [0, 0.1) is 0 Å². The van der Waals surface area contributed by atoms with Crippen molar-refractivity contribution in [3.05, 3.63) is 35.4 Å². The zero-order valence-corrected chi connectivity index (χ0v) is 11.4. The third-order valence-corrected chi connectivity index (χ3v) is 3.17. The van der Waals surface area contributed by atoms with E-state index < -0.39 is 0 Å². The molecule has 5 heteroatoms. The number of nitrogens with zero attached hydrogens (tertiary/aromatic N) is 2. The summed E-state index contributed by atoms with van der Waals surface area (Å²) in [5.74, 6) is 0.132. The van der Waals surface area contributed by atoms with Crippen LogP contribution in [0.3, 0.4) is 0 Å². The average molecular weight is 262 g/mol. The van der Waals surface area contributed by atoms with Crippen LogP contribution in [-0.2, 0) is 17.8 Å². The first-order valence-corrected chi connectivity index (χ1v) is 6.60. The molecule has 0 bridgehead atoms. The summed E-state index contributed by atoms with van der Waals surface area (Å²) in [4.78, 5) is 6.44. The Morgan fingerprint density at radius 3 is 2.95 bits per heavy atom. The molecule has 1 aromatic carbocycles. The van der Waals surface area contributed by atoms with Crippen molar-refractivity contribution in [2.45, 2.75) is 26.1 Å². The molecule has 1 unspecified atom stereocenters. The van der Waals surface area contributed by atoms with Crippen molar-refractivity contribution in [1.29, 1.82) is 0 Å². The Kier molecular flexibility index (Phi) is 4.76. The van der Waals surface area contributed by atoms with Crippen LogP contribution in [0.2, 0.25) is 0 Å². The van der Waals surface area contributed by atoms with Crippen LogP contribution in [0.15, 0.2) is 29.3 Å². The molecule has 0 aliphatic carbocycles. The van der Waals surface area contributed by atoms with Crippen molar-refractivity contribution in [1.82, 2.24) is 4.90 Å². The van der Waals surface area contributed by atoms with Crippen molar-refractivity contribution in [3.63, 3.8) is 0 Å². The van der Waals surface area contributed by atoms with Crippen molar-refractivity contribution in [2.24, 2.45) is 16.5 Å². The van der Waals surface area contributed by atoms with E-state index in [2.05, 4.69) is 35.0 Å². The minimum atomic E-state index is 0.132. The van der Waals surface area contributed by atoms with Crippen molar-refractivity contribution in [2.75, 3.05) is 19.7 Å². The van der Waals surface area contributed by atoms with Gasteiger partial charge in [0.1, 0.15) is 0 Å². The number of ether oxygens (including phenoxy) is 1. The van der Waals surface area contributed by atoms with Crippen LogP contribution >= 0.6 is 0 Å². The normalized spacial score (nSPS) is 20.2. The number of hydrogen-bond donors (Lipinski definition) is 2. The minimum absolute atomic E-state index is 0.132. The first-order valence-electron chi connectivity index (χ1n) is 6.60. The summed E-state index contributed by atoms with van der Waals surface area (Å²) in [5, 5.41) is 0. The molecule has 5 nitrogen and oxygen atoms in total. The van der Waals surface area contributed by atoms with E-state index in [1.807, 2.05) is 6.07 Å². The van der Waals surface area contributed by atoms with Gasteiger partial charge in [-0.25, -0.2) is 4.99 Å². The number of guanidine groups is 1. The zero-order valence-electron chi connectivity index (χ0n) is 11.4. The lowest BCUT2D eigenvalue weighted by Gasteiger charge is -2.31. The molecule has 1 aromatic rings. The third-order valence-electron chi connectivity index (χ3n) is 3.17. The molecule has 0 aromatic heterocycles. The molecule has 1 fully saturated rings. The van der Waals surface area contributed by atoms with Crippen LogP contribution < -0.4 is 11.5 Å². The van der Waals surface area contributed by atoms with Crippen LogP contribution in [0.25, 0.3) is 0 Å². The van der Waals surface area contributed by atoms with Gasteiger partial charge in [0, 0.05) is 19.6 Å². The van der Waals surface area contributed by atoms with E-state index in [4.69, 9.17) is 16.2 Å². The van der Waals surface area contributed by atoms with Crippen LogP contribution in [0.1, 0.15) is 18.1 Å². The number of rotatable bonds is 4. The number of aliphatic imine (C=N–C) groups is 1. The third kappa shape index (κ3) is 4.54. The first kappa shape index (κ1) is 13.8. The molecular weight excluding hydrogens is 240 g/mol. The van der Waals surface area contributed by atoms with Crippen molar-refractivity contribution in [3.8, 4) is 0 Å². The van der Waals surface area contributed by atoms with Crippen LogP contribution in [0.5, 0.6) is 0 Å². The fourth-order valence-corrected chi connectivity index (χ4v) is 2.30. The lowest BCUT2D eigenvalue weighted by atomic mass is 10.1. The van der Waals surface area contributed by atoms with E-state index in [9.17, 15) is 0 Å². The summed E-state index contributed by atoms with van der Waals surface area (Å²) in [6.07, 6.45) is 0.318. The lowest BCUT2D eigenvalue weighted by Crippen LogP contribution is -2.40. The molecule has 1 aliphatic rings. The van der Waals surface area contributed by atoms with E-state index in [0.717, 1.165) is 31.8 Å². The summed E-state index contributed by atoms with van der Waals surface area (Å²) < 4.78 is 5.55. The van der Waals surface area contributed by atoms with Gasteiger partial charge in [-0.3, -0.25) is 4.90 Å². The second-order valence-electron chi connectivity index (χ2n) is 4.98. The van der Waals surface area contributed by atoms with Crippen molar-refractivity contribution < 1.29 is 4.74 Å². The van der Waals surface area contributed by atoms with Gasteiger partial charge >= 0.3 is 0 Å². The molecule has 0 radical (unpaired) electrons. The lowest BCUT2D eigenvalue weighted by molar-refractivity contribution is -0.0212. The van der Waals surface area contributed by atoms with Gasteiger partial charge in [0.15, 0.2) is 5.96 Å². The molecule has 2 rings (SSSR count). The maximum absolute atomic E-state index is 5.55. The Labute approximate surface area is 114 Å². The van der Waals surface area contributed by atoms with Gasteiger partial charge in [0.05, 0.1) is 19.3 Å². The molecule has 19 heavy (non-hydrogen) atoms. The summed E-state index contributed by atoms with van der Waals surface area (Å²) in [6.45, 7) is 6.38. The van der Waals surface area contributed by atoms with E-state index in [-0.39, 0.29) is 5.96 Å². The molecular formula is C14H22N4O. The predicted molar refractivity (Wildman–Crippen MR) is 76.6 cm³/mol. The smallest absolute Gasteiger partial charge is 0.186 e. The van der Waals surface area contributed by atoms with Gasteiger partial charge < -0.3 is 16.2 Å². The fraction of sp³-hybridized carbons (Fsp3) is 0.500. The standard InChI is InChI=1S/C14H22N4O/c1-11-9-18(5-6-19-11)10-13-4-2-3-12(7-13)8-17-14(15)16/h2-4,7,11H,5-6,8-10H2,1H3,(H4,15,16,17). The summed E-state index contributed by atoms with van der Waals surface area (Å²) in [6, 6.07) is 8.39. The number of hydrogen-bond acceptors (Lipinski definition) is 3. The summed E-state index contributed by atoms with van der Waals surface area (Å²) >= 11 is 0. The predicted octanol–water partition coefficient (Wildman–Crippen LogP) is 0.681. The topological polar surface area (TPSA) is 76.9 Å². The fourth-order valence-electron chi connectivity index (χ4n) is 2.30. The Balaban J connectivity index is 1.96. The quantitative estimate of drug-likeness (QED) is 0.618. The van der Waals surface area contributed by atoms with Gasteiger partial charge in [-0.2, -0.15) is 0 Å². The Hall–Kier alpha value is -1.59. The minimum Gasteiger partial charge on any atom is -0.376 e. The molecule has 1 atom stereocenters. The van der Waals surface area contributed by atoms with Gasteiger partial charge in [0.2, 0.25) is 0 Å². The molecule has 0 spiro atoms.